The van der Waals surface area contributed by atoms with Gasteiger partial charge in [-0.15, -0.1) is 0 Å². The number of carbonyl (C=O) groups is 1. The molecule has 1 aliphatic rings. The molecule has 0 amide bonds. The highest BCUT2D eigenvalue weighted by atomic mass is 16.4. The highest BCUT2D eigenvalue weighted by molar-refractivity contribution is 5.67. The number of hydrogen-bond acceptors (Lipinski definition) is 4. The fourth-order valence-corrected chi connectivity index (χ4v) is 2.48. The molecule has 0 bridgehead atoms. The van der Waals surface area contributed by atoms with E-state index in [1.54, 1.807) is 6.33 Å². The van der Waals surface area contributed by atoms with Gasteiger partial charge in [0.15, 0.2) is 0 Å². The topological polar surface area (TPSA) is 71.2 Å². The van der Waals surface area contributed by atoms with Crippen LogP contribution in [0.15, 0.2) is 6.33 Å². The van der Waals surface area contributed by atoms with Crippen LogP contribution in [-0.4, -0.2) is 43.8 Å². The van der Waals surface area contributed by atoms with Crippen LogP contribution in [0.2, 0.25) is 0 Å². The van der Waals surface area contributed by atoms with E-state index in [2.05, 4.69) is 21.9 Å². The SMILES string of the molecule is CCCn1ncnc1CN1CCC(CC(=O)O)C1. The number of carboxylic acid groups (broad SMARTS) is 1. The van der Waals surface area contributed by atoms with Gasteiger partial charge in [0.25, 0.3) is 0 Å². The van der Waals surface area contributed by atoms with E-state index in [0.29, 0.717) is 0 Å². The average Bonchev–Trinajstić information content (AvgIpc) is 2.90. The number of rotatable bonds is 6. The van der Waals surface area contributed by atoms with Gasteiger partial charge in [-0.1, -0.05) is 6.92 Å². The van der Waals surface area contributed by atoms with Gasteiger partial charge < -0.3 is 5.11 Å². The van der Waals surface area contributed by atoms with Gasteiger partial charge >= 0.3 is 5.97 Å². The van der Waals surface area contributed by atoms with Crippen LogP contribution in [0.25, 0.3) is 0 Å². The minimum absolute atomic E-state index is 0.276. The zero-order chi connectivity index (χ0) is 13.0. The Kier molecular flexibility index (Phi) is 4.30. The highest BCUT2D eigenvalue weighted by Crippen LogP contribution is 2.20. The quantitative estimate of drug-likeness (QED) is 0.817. The van der Waals surface area contributed by atoms with Crippen LogP contribution in [0.5, 0.6) is 0 Å². The Balaban J connectivity index is 1.87. The summed E-state index contributed by atoms with van der Waals surface area (Å²) in [5.41, 5.74) is 0. The van der Waals surface area contributed by atoms with Crippen molar-refractivity contribution in [3.63, 3.8) is 0 Å². The maximum absolute atomic E-state index is 10.7. The fraction of sp³-hybridized carbons (Fsp3) is 0.750. The number of aromatic nitrogens is 3. The van der Waals surface area contributed by atoms with Crippen molar-refractivity contribution in [2.75, 3.05) is 13.1 Å². The first kappa shape index (κ1) is 13.0. The summed E-state index contributed by atoms with van der Waals surface area (Å²) < 4.78 is 1.94. The summed E-state index contributed by atoms with van der Waals surface area (Å²) in [7, 11) is 0. The monoisotopic (exact) mass is 252 g/mol. The maximum Gasteiger partial charge on any atom is 0.303 e. The van der Waals surface area contributed by atoms with Crippen molar-refractivity contribution in [2.45, 2.75) is 39.3 Å². The van der Waals surface area contributed by atoms with Crippen LogP contribution >= 0.6 is 0 Å². The molecule has 1 fully saturated rings. The van der Waals surface area contributed by atoms with Crippen LogP contribution < -0.4 is 0 Å². The predicted molar refractivity (Wildman–Crippen MR) is 65.9 cm³/mol. The first-order chi connectivity index (χ1) is 8.69. The number of aliphatic carboxylic acids is 1. The molecule has 100 valence electrons. The van der Waals surface area contributed by atoms with Crippen LogP contribution in [0.3, 0.4) is 0 Å². The summed E-state index contributed by atoms with van der Waals surface area (Å²) >= 11 is 0. The smallest absolute Gasteiger partial charge is 0.303 e. The molecule has 2 rings (SSSR count). The van der Waals surface area contributed by atoms with E-state index in [1.165, 1.54) is 0 Å². The van der Waals surface area contributed by atoms with Crippen LogP contribution in [0, 0.1) is 5.92 Å². The van der Waals surface area contributed by atoms with E-state index in [-0.39, 0.29) is 12.3 Å². The fourth-order valence-electron chi connectivity index (χ4n) is 2.48. The van der Waals surface area contributed by atoms with Crippen LogP contribution in [-0.2, 0) is 17.9 Å². The standard InChI is InChI=1S/C12H20N4O2/c1-2-4-16-11(13-9-14-16)8-15-5-3-10(7-15)6-12(17)18/h9-10H,2-8H2,1H3,(H,17,18). The summed E-state index contributed by atoms with van der Waals surface area (Å²) in [6, 6.07) is 0. The predicted octanol–water partition coefficient (Wildman–Crippen LogP) is 0.985. The summed E-state index contributed by atoms with van der Waals surface area (Å²) in [6.07, 6.45) is 3.88. The van der Waals surface area contributed by atoms with Crippen molar-refractivity contribution >= 4 is 5.97 Å². The second-order valence-electron chi connectivity index (χ2n) is 4.89. The minimum Gasteiger partial charge on any atom is -0.481 e. The van der Waals surface area contributed by atoms with E-state index in [0.717, 1.165) is 44.8 Å². The lowest BCUT2D eigenvalue weighted by Gasteiger charge is -2.15. The molecule has 1 unspecified atom stereocenters. The average molecular weight is 252 g/mol. The summed E-state index contributed by atoms with van der Waals surface area (Å²) in [4.78, 5) is 17.2. The molecule has 0 aromatic carbocycles. The van der Waals surface area contributed by atoms with Crippen molar-refractivity contribution in [1.29, 1.82) is 0 Å². The number of aryl methyl sites for hydroxylation is 1. The molecule has 1 atom stereocenters. The largest absolute Gasteiger partial charge is 0.481 e. The lowest BCUT2D eigenvalue weighted by atomic mass is 10.1. The first-order valence-corrected chi connectivity index (χ1v) is 6.50. The van der Waals surface area contributed by atoms with Gasteiger partial charge in [-0.25, -0.2) is 9.67 Å². The van der Waals surface area contributed by atoms with Gasteiger partial charge in [0.05, 0.1) is 6.54 Å². The number of hydrogen-bond donors (Lipinski definition) is 1. The molecule has 0 saturated carbocycles. The molecule has 0 aliphatic carbocycles. The molecule has 0 radical (unpaired) electrons. The lowest BCUT2D eigenvalue weighted by Crippen LogP contribution is -2.23. The second kappa shape index (κ2) is 5.95. The number of nitrogens with zero attached hydrogens (tertiary/aromatic N) is 4. The van der Waals surface area contributed by atoms with Crippen molar-refractivity contribution in [2.24, 2.45) is 5.92 Å². The van der Waals surface area contributed by atoms with Crippen LogP contribution in [0.1, 0.15) is 32.0 Å². The van der Waals surface area contributed by atoms with Crippen molar-refractivity contribution in [1.82, 2.24) is 19.7 Å². The molecule has 0 spiro atoms. The zero-order valence-electron chi connectivity index (χ0n) is 10.7. The van der Waals surface area contributed by atoms with Gasteiger partial charge in [-0.05, 0) is 25.3 Å². The van der Waals surface area contributed by atoms with E-state index in [9.17, 15) is 4.79 Å². The van der Waals surface area contributed by atoms with Crippen molar-refractivity contribution in [3.05, 3.63) is 12.2 Å². The van der Waals surface area contributed by atoms with E-state index < -0.39 is 5.97 Å². The maximum atomic E-state index is 10.7. The normalized spacial score (nSPS) is 20.4. The molecule has 2 heterocycles. The summed E-state index contributed by atoms with van der Waals surface area (Å²) in [5, 5.41) is 13.0. The Hall–Kier alpha value is -1.43. The number of likely N-dealkylation sites (tertiary alicyclic amines) is 1. The molecule has 18 heavy (non-hydrogen) atoms. The Morgan fingerprint density at radius 3 is 3.17 bits per heavy atom. The molecule has 1 aromatic rings. The molecule has 6 nitrogen and oxygen atoms in total. The molecular weight excluding hydrogens is 232 g/mol. The van der Waals surface area contributed by atoms with E-state index >= 15 is 0 Å². The number of carboxylic acids is 1. The van der Waals surface area contributed by atoms with Crippen molar-refractivity contribution in [3.8, 4) is 0 Å². The highest BCUT2D eigenvalue weighted by Gasteiger charge is 2.25. The Morgan fingerprint density at radius 2 is 2.44 bits per heavy atom. The lowest BCUT2D eigenvalue weighted by molar-refractivity contribution is -0.138. The van der Waals surface area contributed by atoms with Gasteiger partial charge in [0, 0.05) is 19.5 Å². The molecule has 1 saturated heterocycles. The molecule has 1 N–H and O–H groups in total. The Bertz CT molecular complexity index is 405. The summed E-state index contributed by atoms with van der Waals surface area (Å²) in [5.74, 6) is 0.564. The third-order valence-corrected chi connectivity index (χ3v) is 3.33. The van der Waals surface area contributed by atoms with Gasteiger partial charge in [-0.3, -0.25) is 9.69 Å². The first-order valence-electron chi connectivity index (χ1n) is 6.50. The molecule has 6 heteroatoms. The van der Waals surface area contributed by atoms with Crippen LogP contribution in [0.4, 0.5) is 0 Å². The van der Waals surface area contributed by atoms with E-state index in [4.69, 9.17) is 5.11 Å². The molecule has 1 aliphatic heterocycles. The van der Waals surface area contributed by atoms with E-state index in [1.807, 2.05) is 4.68 Å². The third-order valence-electron chi connectivity index (χ3n) is 3.33. The molecule has 1 aromatic heterocycles. The van der Waals surface area contributed by atoms with Gasteiger partial charge in [0.2, 0.25) is 0 Å². The summed E-state index contributed by atoms with van der Waals surface area (Å²) in [6.45, 7) is 5.59. The zero-order valence-corrected chi connectivity index (χ0v) is 10.7. The van der Waals surface area contributed by atoms with Crippen molar-refractivity contribution < 1.29 is 9.90 Å². The minimum atomic E-state index is -0.698. The second-order valence-corrected chi connectivity index (χ2v) is 4.89. The van der Waals surface area contributed by atoms with Gasteiger partial charge in [0.1, 0.15) is 12.2 Å². The Morgan fingerprint density at radius 1 is 1.61 bits per heavy atom. The third kappa shape index (κ3) is 3.29. The Labute approximate surface area is 107 Å². The van der Waals surface area contributed by atoms with Gasteiger partial charge in [-0.2, -0.15) is 5.10 Å². The molecular formula is C12H20N4O2.